The molecule has 0 atom stereocenters. The molecule has 1 heterocycles. The van der Waals surface area contributed by atoms with E-state index < -0.39 is 5.97 Å². The number of carbonyl (C=O) groups is 2. The molecule has 2 aromatic rings. The molecule has 1 aliphatic carbocycles. The lowest BCUT2D eigenvalue weighted by Gasteiger charge is -2.22. The molecule has 25 heavy (non-hydrogen) atoms. The van der Waals surface area contributed by atoms with Gasteiger partial charge in [0.2, 0.25) is 0 Å². The summed E-state index contributed by atoms with van der Waals surface area (Å²) in [7, 11) is 0. The first-order valence-electron chi connectivity index (χ1n) is 9.17. The maximum Gasteiger partial charge on any atom is 0.303 e. The number of hydrogen-bond donors (Lipinski definition) is 2. The Morgan fingerprint density at radius 1 is 1.04 bits per heavy atom. The number of aliphatic carboxylic acids is 1. The van der Waals surface area contributed by atoms with Crippen LogP contribution in [0, 0.1) is 0 Å². The Hall–Kier alpha value is -2.36. The van der Waals surface area contributed by atoms with Gasteiger partial charge in [-0.3, -0.25) is 9.59 Å². The van der Waals surface area contributed by atoms with E-state index in [-0.39, 0.29) is 12.2 Å². The van der Waals surface area contributed by atoms with E-state index in [0.29, 0.717) is 29.9 Å². The van der Waals surface area contributed by atoms with Crippen LogP contribution in [0.3, 0.4) is 0 Å². The average Bonchev–Trinajstić information content (AvgIpc) is 3.10. The van der Waals surface area contributed by atoms with E-state index in [1.54, 1.807) is 6.20 Å². The van der Waals surface area contributed by atoms with Crippen LogP contribution in [-0.4, -0.2) is 21.8 Å². The summed E-state index contributed by atoms with van der Waals surface area (Å²) in [5.41, 5.74) is 3.59. The number of nitrogens with one attached hydrogen (secondary N) is 1. The summed E-state index contributed by atoms with van der Waals surface area (Å²) in [5.74, 6) is -0.136. The van der Waals surface area contributed by atoms with Crippen LogP contribution in [0.15, 0.2) is 36.5 Å². The highest BCUT2D eigenvalue weighted by Gasteiger charge is 2.16. The zero-order valence-electron chi connectivity index (χ0n) is 14.5. The van der Waals surface area contributed by atoms with Crippen LogP contribution in [0.1, 0.15) is 78.0 Å². The van der Waals surface area contributed by atoms with Gasteiger partial charge in [0.15, 0.2) is 5.78 Å². The Bertz CT molecular complexity index is 724. The second-order valence-corrected chi connectivity index (χ2v) is 6.95. The van der Waals surface area contributed by atoms with Crippen molar-refractivity contribution < 1.29 is 14.7 Å². The van der Waals surface area contributed by atoms with Crippen molar-refractivity contribution in [2.24, 2.45) is 0 Å². The van der Waals surface area contributed by atoms with Crippen LogP contribution in [-0.2, 0) is 11.2 Å². The van der Waals surface area contributed by atoms with Crippen LogP contribution < -0.4 is 0 Å². The predicted molar refractivity (Wildman–Crippen MR) is 97.1 cm³/mol. The molecule has 1 aromatic heterocycles. The molecule has 1 fully saturated rings. The number of aromatic amines is 1. The fraction of sp³-hybridized carbons (Fsp3) is 0.429. The number of rotatable bonds is 7. The first kappa shape index (κ1) is 17.5. The van der Waals surface area contributed by atoms with Crippen LogP contribution in [0.5, 0.6) is 0 Å². The standard InChI is InChI=1S/C21H25NO3/c23-20(24)8-4-7-19-13-18(14-22-19)21(25)17-11-9-16(10-12-17)15-5-2-1-3-6-15/h9-15,22H,1-8H2,(H,23,24). The van der Waals surface area contributed by atoms with E-state index in [0.717, 1.165) is 5.69 Å². The van der Waals surface area contributed by atoms with Gasteiger partial charge in [-0.2, -0.15) is 0 Å². The number of carboxylic acid groups (broad SMARTS) is 1. The Morgan fingerprint density at radius 2 is 1.76 bits per heavy atom. The summed E-state index contributed by atoms with van der Waals surface area (Å²) in [6.07, 6.45) is 9.53. The molecule has 0 radical (unpaired) electrons. The molecule has 0 saturated heterocycles. The lowest BCUT2D eigenvalue weighted by molar-refractivity contribution is -0.137. The quantitative estimate of drug-likeness (QED) is 0.718. The zero-order valence-corrected chi connectivity index (χ0v) is 14.5. The summed E-state index contributed by atoms with van der Waals surface area (Å²) in [5, 5.41) is 8.69. The SMILES string of the molecule is O=C(O)CCCc1cc(C(=O)c2ccc(C3CCCCC3)cc2)c[nH]1. The normalized spacial score (nSPS) is 15.2. The molecule has 0 spiro atoms. The molecule has 4 nitrogen and oxygen atoms in total. The molecule has 0 aliphatic heterocycles. The Kier molecular flexibility index (Phi) is 5.69. The molecule has 3 rings (SSSR count). The summed E-state index contributed by atoms with van der Waals surface area (Å²) in [6, 6.07) is 9.90. The highest BCUT2D eigenvalue weighted by Crippen LogP contribution is 2.32. The molecule has 1 saturated carbocycles. The molecule has 4 heteroatoms. The fourth-order valence-corrected chi connectivity index (χ4v) is 3.66. The minimum absolute atomic E-state index is 0.0101. The van der Waals surface area contributed by atoms with Gasteiger partial charge in [0.25, 0.3) is 0 Å². The fourth-order valence-electron chi connectivity index (χ4n) is 3.66. The van der Waals surface area contributed by atoms with Gasteiger partial charge in [-0.15, -0.1) is 0 Å². The third-order valence-corrected chi connectivity index (χ3v) is 5.09. The number of aryl methyl sites for hydroxylation is 1. The van der Waals surface area contributed by atoms with Gasteiger partial charge in [0.1, 0.15) is 0 Å². The van der Waals surface area contributed by atoms with Crippen molar-refractivity contribution in [3.63, 3.8) is 0 Å². The van der Waals surface area contributed by atoms with Crippen LogP contribution in [0.25, 0.3) is 0 Å². The van der Waals surface area contributed by atoms with Crippen LogP contribution >= 0.6 is 0 Å². The first-order valence-corrected chi connectivity index (χ1v) is 9.17. The molecule has 1 aliphatic rings. The zero-order chi connectivity index (χ0) is 17.6. The third kappa shape index (κ3) is 4.59. The number of aromatic nitrogens is 1. The van der Waals surface area contributed by atoms with Crippen molar-refractivity contribution in [2.75, 3.05) is 0 Å². The largest absolute Gasteiger partial charge is 0.481 e. The molecule has 0 unspecified atom stereocenters. The second kappa shape index (κ2) is 8.15. The number of carbonyl (C=O) groups excluding carboxylic acids is 1. The summed E-state index contributed by atoms with van der Waals surface area (Å²) in [4.78, 5) is 26.3. The van der Waals surface area contributed by atoms with E-state index in [1.807, 2.05) is 18.2 Å². The maximum atomic E-state index is 12.6. The summed E-state index contributed by atoms with van der Waals surface area (Å²) < 4.78 is 0. The number of H-pyrrole nitrogens is 1. The number of ketones is 1. The molecule has 132 valence electrons. The first-order chi connectivity index (χ1) is 12.1. The monoisotopic (exact) mass is 339 g/mol. The van der Waals surface area contributed by atoms with Gasteiger partial charge >= 0.3 is 5.97 Å². The van der Waals surface area contributed by atoms with E-state index in [2.05, 4.69) is 17.1 Å². The van der Waals surface area contributed by atoms with E-state index >= 15 is 0 Å². The summed E-state index contributed by atoms with van der Waals surface area (Å²) in [6.45, 7) is 0. The van der Waals surface area contributed by atoms with Crippen LogP contribution in [0.4, 0.5) is 0 Å². The Balaban J connectivity index is 1.62. The highest BCUT2D eigenvalue weighted by molar-refractivity contribution is 6.09. The topological polar surface area (TPSA) is 70.2 Å². The van der Waals surface area contributed by atoms with Crippen molar-refractivity contribution in [3.05, 3.63) is 58.9 Å². The van der Waals surface area contributed by atoms with Crippen molar-refractivity contribution in [1.82, 2.24) is 4.98 Å². The maximum absolute atomic E-state index is 12.6. The van der Waals surface area contributed by atoms with Crippen molar-refractivity contribution in [1.29, 1.82) is 0 Å². The number of hydrogen-bond acceptors (Lipinski definition) is 2. The van der Waals surface area contributed by atoms with Crippen molar-refractivity contribution in [2.45, 2.75) is 57.3 Å². The van der Waals surface area contributed by atoms with E-state index in [1.165, 1.54) is 37.7 Å². The molecule has 1 aromatic carbocycles. The van der Waals surface area contributed by atoms with Gasteiger partial charge in [0, 0.05) is 29.4 Å². The molecular formula is C21H25NO3. The average molecular weight is 339 g/mol. The van der Waals surface area contributed by atoms with Crippen LogP contribution in [0.2, 0.25) is 0 Å². The Morgan fingerprint density at radius 3 is 2.44 bits per heavy atom. The number of benzene rings is 1. The molecular weight excluding hydrogens is 314 g/mol. The van der Waals surface area contributed by atoms with E-state index in [4.69, 9.17) is 5.11 Å². The van der Waals surface area contributed by atoms with E-state index in [9.17, 15) is 9.59 Å². The molecule has 0 bridgehead atoms. The number of carboxylic acids is 1. The molecule has 0 amide bonds. The minimum atomic E-state index is -0.791. The van der Waals surface area contributed by atoms with Gasteiger partial charge in [-0.25, -0.2) is 0 Å². The van der Waals surface area contributed by atoms with Gasteiger partial charge < -0.3 is 10.1 Å². The van der Waals surface area contributed by atoms with Crippen molar-refractivity contribution in [3.8, 4) is 0 Å². The third-order valence-electron chi connectivity index (χ3n) is 5.09. The Labute approximate surface area is 148 Å². The van der Waals surface area contributed by atoms with Gasteiger partial charge in [-0.1, -0.05) is 43.5 Å². The van der Waals surface area contributed by atoms with Gasteiger partial charge in [-0.05, 0) is 43.2 Å². The second-order valence-electron chi connectivity index (χ2n) is 6.95. The lowest BCUT2D eigenvalue weighted by Crippen LogP contribution is -2.05. The predicted octanol–water partition coefficient (Wildman–Crippen LogP) is 4.70. The molecule has 2 N–H and O–H groups in total. The van der Waals surface area contributed by atoms with Gasteiger partial charge in [0.05, 0.1) is 0 Å². The smallest absolute Gasteiger partial charge is 0.303 e. The van der Waals surface area contributed by atoms with Crippen molar-refractivity contribution >= 4 is 11.8 Å². The highest BCUT2D eigenvalue weighted by atomic mass is 16.4. The minimum Gasteiger partial charge on any atom is -0.481 e. The summed E-state index contributed by atoms with van der Waals surface area (Å²) >= 11 is 0. The lowest BCUT2D eigenvalue weighted by atomic mass is 9.84.